The molecule has 0 saturated heterocycles. The number of allylic oxidation sites excluding steroid dienone is 2. The molecule has 0 aromatic heterocycles. The second kappa shape index (κ2) is 4.98. The number of hydrogen-bond acceptors (Lipinski definition) is 0. The molecule has 0 bridgehead atoms. The number of benzene rings is 1. The molecule has 1 rings (SSSR count). The molecule has 0 atom stereocenters. The normalized spacial score (nSPS) is 9.00. The van der Waals surface area contributed by atoms with Gasteiger partial charge in [-0.3, -0.25) is 0 Å². The first-order valence-corrected chi connectivity index (χ1v) is 3.76. The van der Waals surface area contributed by atoms with E-state index in [2.05, 4.69) is 18.0 Å². The predicted molar refractivity (Wildman–Crippen MR) is 52.7 cm³/mol. The molecule has 0 fully saturated rings. The summed E-state index contributed by atoms with van der Waals surface area (Å²) in [5, 5.41) is 0. The summed E-state index contributed by atoms with van der Waals surface area (Å²) in [5.74, 6) is 0. The van der Waals surface area contributed by atoms with Gasteiger partial charge in [0.05, 0.1) is 0 Å². The topological polar surface area (TPSA) is 0 Å². The highest BCUT2D eigenvalue weighted by Gasteiger charge is 1.78. The lowest BCUT2D eigenvalue weighted by Crippen LogP contribution is -1.65. The molecule has 0 aliphatic carbocycles. The molecular weight excluding hydrogens is 144 g/mol. The average molecular weight is 154 g/mol. The first-order valence-electron chi connectivity index (χ1n) is 3.76. The van der Waals surface area contributed by atoms with Crippen LogP contribution in [0.5, 0.6) is 0 Å². The minimum Gasteiger partial charge on any atom is -0.0781 e. The smallest absolute Gasteiger partial charge is 0.0115 e. The Morgan fingerprint density at radius 3 is 2.58 bits per heavy atom. The zero-order chi connectivity index (χ0) is 8.65. The third-order valence-electron chi connectivity index (χ3n) is 1.37. The van der Waals surface area contributed by atoms with Crippen LogP contribution in [0.3, 0.4) is 0 Å². The van der Waals surface area contributed by atoms with Crippen LogP contribution in [0.4, 0.5) is 0 Å². The molecule has 0 saturated carbocycles. The van der Waals surface area contributed by atoms with Crippen molar-refractivity contribution in [1.29, 1.82) is 0 Å². The molecule has 1 aromatic rings. The van der Waals surface area contributed by atoms with Gasteiger partial charge >= 0.3 is 0 Å². The molecular formula is C12H10. The van der Waals surface area contributed by atoms with Gasteiger partial charge in [-0.1, -0.05) is 53.9 Å². The summed E-state index contributed by atoms with van der Waals surface area (Å²) in [6.07, 6.45) is 5.69. The van der Waals surface area contributed by atoms with E-state index in [4.69, 9.17) is 0 Å². The largest absolute Gasteiger partial charge is 0.0781 e. The Morgan fingerprint density at radius 1 is 1.17 bits per heavy atom. The first kappa shape index (κ1) is 8.36. The van der Waals surface area contributed by atoms with Crippen molar-refractivity contribution in [3.05, 3.63) is 66.1 Å². The highest BCUT2D eigenvalue weighted by molar-refractivity contribution is 5.50. The van der Waals surface area contributed by atoms with E-state index in [1.165, 1.54) is 5.56 Å². The summed E-state index contributed by atoms with van der Waals surface area (Å²) in [4.78, 5) is 0. The summed E-state index contributed by atoms with van der Waals surface area (Å²) in [5.41, 5.74) is 6.47. The maximum Gasteiger partial charge on any atom is -0.0115 e. The van der Waals surface area contributed by atoms with Crippen LogP contribution in [-0.4, -0.2) is 0 Å². The zero-order valence-corrected chi connectivity index (χ0v) is 6.83. The minimum absolute atomic E-state index is 1.18. The lowest BCUT2D eigenvalue weighted by atomic mass is 10.2. The van der Waals surface area contributed by atoms with Crippen LogP contribution >= 0.6 is 0 Å². The van der Waals surface area contributed by atoms with Crippen molar-refractivity contribution in [2.45, 2.75) is 0 Å². The monoisotopic (exact) mass is 154 g/mol. The molecule has 0 heterocycles. The van der Waals surface area contributed by atoms with Gasteiger partial charge in [0, 0.05) is 0 Å². The molecule has 0 amide bonds. The fourth-order valence-corrected chi connectivity index (χ4v) is 0.830. The van der Waals surface area contributed by atoms with Gasteiger partial charge in [0.25, 0.3) is 0 Å². The van der Waals surface area contributed by atoms with Crippen molar-refractivity contribution >= 4 is 6.08 Å². The third-order valence-corrected chi connectivity index (χ3v) is 1.37. The van der Waals surface area contributed by atoms with Gasteiger partial charge in [0.2, 0.25) is 0 Å². The third kappa shape index (κ3) is 2.90. The Morgan fingerprint density at radius 2 is 1.92 bits per heavy atom. The molecule has 1 aromatic carbocycles. The Hall–Kier alpha value is -1.74. The van der Waals surface area contributed by atoms with Gasteiger partial charge < -0.3 is 0 Å². The quantitative estimate of drug-likeness (QED) is 0.453. The fraction of sp³-hybridized carbons (Fsp3) is 0. The Labute approximate surface area is 72.9 Å². The van der Waals surface area contributed by atoms with Gasteiger partial charge in [-0.05, 0) is 18.2 Å². The van der Waals surface area contributed by atoms with Crippen molar-refractivity contribution in [1.82, 2.24) is 0 Å². The van der Waals surface area contributed by atoms with E-state index in [1.54, 1.807) is 6.08 Å². The predicted octanol–water partition coefficient (Wildman–Crippen LogP) is 3.20. The highest BCUT2D eigenvalue weighted by atomic mass is 13.8. The maximum absolute atomic E-state index is 3.40. The lowest BCUT2D eigenvalue weighted by Gasteiger charge is -1.87. The minimum atomic E-state index is 1.18. The number of rotatable bonds is 2. The van der Waals surface area contributed by atoms with Crippen molar-refractivity contribution in [2.24, 2.45) is 0 Å². The maximum atomic E-state index is 3.40. The van der Waals surface area contributed by atoms with Crippen LogP contribution in [0.1, 0.15) is 5.56 Å². The van der Waals surface area contributed by atoms with Crippen molar-refractivity contribution in [2.75, 3.05) is 0 Å². The van der Waals surface area contributed by atoms with Crippen molar-refractivity contribution < 1.29 is 0 Å². The average Bonchev–Trinajstić information content (AvgIpc) is 2.14. The number of hydrogen-bond donors (Lipinski definition) is 0. The molecule has 0 nitrogen and oxygen atoms in total. The van der Waals surface area contributed by atoms with Crippen molar-refractivity contribution in [3.63, 3.8) is 0 Å². The molecule has 0 heteroatoms. The molecule has 12 heavy (non-hydrogen) atoms. The van der Waals surface area contributed by atoms with Crippen LogP contribution < -0.4 is 0 Å². The van der Waals surface area contributed by atoms with E-state index in [9.17, 15) is 0 Å². The van der Waals surface area contributed by atoms with E-state index in [0.29, 0.717) is 0 Å². The van der Waals surface area contributed by atoms with Gasteiger partial charge in [0.15, 0.2) is 0 Å². The SMILES string of the molecule is C=C=C=CC=Cc1ccccc1. The highest BCUT2D eigenvalue weighted by Crippen LogP contribution is 2.00. The molecule has 0 aliphatic heterocycles. The molecule has 0 spiro atoms. The summed E-state index contributed by atoms with van der Waals surface area (Å²) < 4.78 is 0. The van der Waals surface area contributed by atoms with Gasteiger partial charge in [-0.2, -0.15) is 0 Å². The van der Waals surface area contributed by atoms with E-state index in [0.717, 1.165) is 0 Å². The standard InChI is InChI=1S/C12H10/c1-2-3-4-6-9-12-10-7-5-8-11-12/h4-11H,1H2. The van der Waals surface area contributed by atoms with Gasteiger partial charge in [0.1, 0.15) is 0 Å². The van der Waals surface area contributed by atoms with Crippen molar-refractivity contribution in [3.8, 4) is 0 Å². The second-order valence-corrected chi connectivity index (χ2v) is 2.26. The summed E-state index contributed by atoms with van der Waals surface area (Å²) in [7, 11) is 0. The van der Waals surface area contributed by atoms with Crippen LogP contribution in [0.2, 0.25) is 0 Å². The van der Waals surface area contributed by atoms with E-state index < -0.39 is 0 Å². The molecule has 0 N–H and O–H groups in total. The summed E-state index contributed by atoms with van der Waals surface area (Å²) in [6, 6.07) is 10.1. The molecule has 58 valence electrons. The summed E-state index contributed by atoms with van der Waals surface area (Å²) >= 11 is 0. The Kier molecular flexibility index (Phi) is 3.47. The Bertz CT molecular complexity index is 332. The van der Waals surface area contributed by atoms with Crippen LogP contribution in [0, 0.1) is 0 Å². The molecule has 0 aliphatic rings. The lowest BCUT2D eigenvalue weighted by molar-refractivity contribution is 1.66. The Balaban J connectivity index is 2.70. The van der Waals surface area contributed by atoms with Gasteiger partial charge in [-0.15, -0.1) is 0 Å². The van der Waals surface area contributed by atoms with E-state index in [1.807, 2.05) is 42.5 Å². The molecule has 0 unspecified atom stereocenters. The zero-order valence-electron chi connectivity index (χ0n) is 6.83. The van der Waals surface area contributed by atoms with E-state index >= 15 is 0 Å². The second-order valence-electron chi connectivity index (χ2n) is 2.26. The fourth-order valence-electron chi connectivity index (χ4n) is 0.830. The van der Waals surface area contributed by atoms with Crippen LogP contribution in [-0.2, 0) is 0 Å². The van der Waals surface area contributed by atoms with Gasteiger partial charge in [-0.25, -0.2) is 0 Å². The summed E-state index contributed by atoms with van der Waals surface area (Å²) in [6.45, 7) is 3.40. The van der Waals surface area contributed by atoms with E-state index in [-0.39, 0.29) is 0 Å². The van der Waals surface area contributed by atoms with Crippen LogP contribution in [0.15, 0.2) is 60.5 Å². The first-order chi connectivity index (χ1) is 5.93. The van der Waals surface area contributed by atoms with Crippen LogP contribution in [0.25, 0.3) is 6.08 Å². The molecule has 0 radical (unpaired) electrons.